The number of pyridine rings is 1. The van der Waals surface area contributed by atoms with E-state index in [1.165, 1.54) is 22.4 Å². The molecule has 0 radical (unpaired) electrons. The van der Waals surface area contributed by atoms with Crippen LogP contribution in [0.4, 0.5) is 5.00 Å². The lowest BCUT2D eigenvalue weighted by Gasteiger charge is -2.34. The summed E-state index contributed by atoms with van der Waals surface area (Å²) in [5.74, 6) is -0.242. The quantitative estimate of drug-likeness (QED) is 0.650. The Kier molecular flexibility index (Phi) is 7.72. The Hall–Kier alpha value is -2.78. The maximum absolute atomic E-state index is 13.6. The van der Waals surface area contributed by atoms with Crippen molar-refractivity contribution in [3.63, 3.8) is 0 Å². The summed E-state index contributed by atoms with van der Waals surface area (Å²) in [4.78, 5) is 47.6. The van der Waals surface area contributed by atoms with Crippen LogP contribution < -0.4 is 10.6 Å². The molecule has 2 N–H and O–H groups in total. The fourth-order valence-corrected chi connectivity index (χ4v) is 5.62. The van der Waals surface area contributed by atoms with E-state index in [-0.39, 0.29) is 17.7 Å². The van der Waals surface area contributed by atoms with Crippen LogP contribution in [0.1, 0.15) is 57.3 Å². The summed E-state index contributed by atoms with van der Waals surface area (Å²) in [6.07, 6.45) is 8.05. The standard InChI is InChI=1S/C24H31N5O3S/c1-2-9-26-20(30)16-28-11-13-29(14-12-28)24(32)21-18-7-3-4-8-19(18)33-23(21)27-22(31)17-6-5-10-25-15-17/h5-6,10,15H,2-4,7-9,11-14,16H2,1H3,(H,26,30)(H,27,31). The summed E-state index contributed by atoms with van der Waals surface area (Å²) in [6.45, 7) is 5.54. The lowest BCUT2D eigenvalue weighted by atomic mass is 9.95. The first kappa shape index (κ1) is 23.4. The van der Waals surface area contributed by atoms with Gasteiger partial charge in [-0.15, -0.1) is 11.3 Å². The van der Waals surface area contributed by atoms with Crippen molar-refractivity contribution in [2.75, 3.05) is 44.6 Å². The van der Waals surface area contributed by atoms with Crippen LogP contribution >= 0.6 is 11.3 Å². The van der Waals surface area contributed by atoms with Crippen molar-refractivity contribution in [2.45, 2.75) is 39.0 Å². The average molecular weight is 470 g/mol. The number of carbonyl (C=O) groups is 3. The van der Waals surface area contributed by atoms with Gasteiger partial charge in [0.2, 0.25) is 5.91 Å². The average Bonchev–Trinajstić information content (AvgIpc) is 3.21. The molecule has 3 heterocycles. The summed E-state index contributed by atoms with van der Waals surface area (Å²) >= 11 is 1.53. The third-order valence-corrected chi connectivity index (χ3v) is 7.34. The SMILES string of the molecule is CCCNC(=O)CN1CCN(C(=O)c2c(NC(=O)c3cccnc3)sc3c2CCCC3)CC1. The number of piperazine rings is 1. The molecule has 1 aliphatic heterocycles. The second-order valence-corrected chi connectivity index (χ2v) is 9.63. The van der Waals surface area contributed by atoms with Crippen LogP contribution in [0.3, 0.4) is 0 Å². The van der Waals surface area contributed by atoms with Crippen molar-refractivity contribution in [1.29, 1.82) is 0 Å². The van der Waals surface area contributed by atoms with Crippen molar-refractivity contribution in [3.8, 4) is 0 Å². The molecule has 0 unspecified atom stereocenters. The normalized spacial score (nSPS) is 16.2. The first-order valence-corrected chi connectivity index (χ1v) is 12.5. The molecule has 9 heteroatoms. The van der Waals surface area contributed by atoms with E-state index in [4.69, 9.17) is 0 Å². The van der Waals surface area contributed by atoms with E-state index in [1.54, 1.807) is 18.3 Å². The van der Waals surface area contributed by atoms with E-state index in [1.807, 2.05) is 11.8 Å². The third-order valence-electron chi connectivity index (χ3n) is 6.13. The van der Waals surface area contributed by atoms with Gasteiger partial charge in [-0.05, 0) is 49.8 Å². The molecule has 2 aliphatic rings. The number of rotatable bonds is 7. The molecular weight excluding hydrogens is 438 g/mol. The minimum Gasteiger partial charge on any atom is -0.355 e. The maximum atomic E-state index is 13.6. The van der Waals surface area contributed by atoms with Gasteiger partial charge >= 0.3 is 0 Å². The molecule has 1 fully saturated rings. The van der Waals surface area contributed by atoms with Crippen LogP contribution in [0.5, 0.6) is 0 Å². The van der Waals surface area contributed by atoms with Crippen LogP contribution in [0.25, 0.3) is 0 Å². The van der Waals surface area contributed by atoms with Gasteiger partial charge in [0, 0.05) is 50.0 Å². The van der Waals surface area contributed by atoms with Gasteiger partial charge in [-0.25, -0.2) is 0 Å². The van der Waals surface area contributed by atoms with E-state index in [9.17, 15) is 14.4 Å². The van der Waals surface area contributed by atoms with E-state index >= 15 is 0 Å². The lowest BCUT2D eigenvalue weighted by molar-refractivity contribution is -0.122. The minimum absolute atomic E-state index is 0.0222. The summed E-state index contributed by atoms with van der Waals surface area (Å²) in [7, 11) is 0. The van der Waals surface area contributed by atoms with E-state index < -0.39 is 0 Å². The zero-order valence-corrected chi connectivity index (χ0v) is 19.9. The highest BCUT2D eigenvalue weighted by atomic mass is 32.1. The van der Waals surface area contributed by atoms with E-state index in [0.29, 0.717) is 55.4 Å². The van der Waals surface area contributed by atoms with Crippen molar-refractivity contribution in [1.82, 2.24) is 20.1 Å². The van der Waals surface area contributed by atoms with Crippen molar-refractivity contribution in [3.05, 3.63) is 46.1 Å². The molecule has 3 amide bonds. The molecule has 2 aromatic rings. The van der Waals surface area contributed by atoms with Gasteiger partial charge in [0.05, 0.1) is 17.7 Å². The minimum atomic E-state index is -0.251. The highest BCUT2D eigenvalue weighted by Crippen LogP contribution is 2.39. The topological polar surface area (TPSA) is 94.6 Å². The van der Waals surface area contributed by atoms with Gasteiger partial charge in [0.15, 0.2) is 0 Å². The Labute approximate surface area is 198 Å². The molecular formula is C24H31N5O3S. The van der Waals surface area contributed by atoms with Crippen LogP contribution in [0.15, 0.2) is 24.5 Å². The molecule has 2 aromatic heterocycles. The zero-order chi connectivity index (χ0) is 23.2. The number of amides is 3. The first-order valence-electron chi connectivity index (χ1n) is 11.7. The Morgan fingerprint density at radius 2 is 1.91 bits per heavy atom. The van der Waals surface area contributed by atoms with E-state index in [0.717, 1.165) is 37.7 Å². The number of aryl methyl sites for hydroxylation is 1. The van der Waals surface area contributed by atoms with Gasteiger partial charge in [0.1, 0.15) is 5.00 Å². The molecule has 33 heavy (non-hydrogen) atoms. The monoisotopic (exact) mass is 469 g/mol. The van der Waals surface area contributed by atoms with Gasteiger partial charge in [-0.2, -0.15) is 0 Å². The molecule has 0 aromatic carbocycles. The molecule has 0 atom stereocenters. The number of hydrogen-bond donors (Lipinski definition) is 2. The largest absolute Gasteiger partial charge is 0.355 e. The lowest BCUT2D eigenvalue weighted by Crippen LogP contribution is -2.51. The van der Waals surface area contributed by atoms with Crippen LogP contribution in [0, 0.1) is 0 Å². The predicted molar refractivity (Wildman–Crippen MR) is 129 cm³/mol. The number of nitrogens with one attached hydrogen (secondary N) is 2. The van der Waals surface area contributed by atoms with E-state index in [2.05, 4.69) is 20.5 Å². The molecule has 4 rings (SSSR count). The number of carbonyl (C=O) groups excluding carboxylic acids is 3. The molecule has 1 saturated heterocycles. The third kappa shape index (κ3) is 5.59. The Morgan fingerprint density at radius 1 is 1.12 bits per heavy atom. The van der Waals surface area contributed by atoms with Gasteiger partial charge in [-0.1, -0.05) is 6.92 Å². The Bertz CT molecular complexity index is 999. The smallest absolute Gasteiger partial charge is 0.257 e. The number of aromatic nitrogens is 1. The van der Waals surface area contributed by atoms with Crippen molar-refractivity contribution < 1.29 is 14.4 Å². The van der Waals surface area contributed by atoms with Crippen LogP contribution in [-0.2, 0) is 17.6 Å². The zero-order valence-electron chi connectivity index (χ0n) is 19.1. The predicted octanol–water partition coefficient (Wildman–Crippen LogP) is 2.56. The van der Waals surface area contributed by atoms with Crippen molar-refractivity contribution >= 4 is 34.1 Å². The second kappa shape index (κ2) is 10.9. The van der Waals surface area contributed by atoms with Crippen molar-refractivity contribution in [2.24, 2.45) is 0 Å². The number of fused-ring (bicyclic) bond motifs is 1. The van der Waals surface area contributed by atoms with Crippen LogP contribution in [0.2, 0.25) is 0 Å². The summed E-state index contributed by atoms with van der Waals surface area (Å²) < 4.78 is 0. The molecule has 176 valence electrons. The highest BCUT2D eigenvalue weighted by molar-refractivity contribution is 7.17. The maximum Gasteiger partial charge on any atom is 0.257 e. The summed E-state index contributed by atoms with van der Waals surface area (Å²) in [5, 5.41) is 6.53. The van der Waals surface area contributed by atoms with Crippen LogP contribution in [-0.4, -0.2) is 71.8 Å². The summed E-state index contributed by atoms with van der Waals surface area (Å²) in [6, 6.07) is 3.44. The summed E-state index contributed by atoms with van der Waals surface area (Å²) in [5.41, 5.74) is 2.22. The highest BCUT2D eigenvalue weighted by Gasteiger charge is 2.31. The molecule has 0 spiro atoms. The van der Waals surface area contributed by atoms with Gasteiger partial charge in [0.25, 0.3) is 11.8 Å². The number of hydrogen-bond acceptors (Lipinski definition) is 6. The molecule has 8 nitrogen and oxygen atoms in total. The van der Waals surface area contributed by atoms with Gasteiger partial charge < -0.3 is 15.5 Å². The Balaban J connectivity index is 1.46. The number of anilines is 1. The molecule has 0 bridgehead atoms. The molecule has 1 aliphatic carbocycles. The van der Waals surface area contributed by atoms with Gasteiger partial charge in [-0.3, -0.25) is 24.3 Å². The first-order chi connectivity index (χ1) is 16.1. The molecule has 0 saturated carbocycles. The Morgan fingerprint density at radius 3 is 2.64 bits per heavy atom. The number of thiophene rings is 1. The fraction of sp³-hybridized carbons (Fsp3) is 0.500. The number of nitrogens with zero attached hydrogens (tertiary/aromatic N) is 3. The second-order valence-electron chi connectivity index (χ2n) is 8.53. The fourth-order valence-electron chi connectivity index (χ4n) is 4.34.